The lowest BCUT2D eigenvalue weighted by molar-refractivity contribution is 0.342. The highest BCUT2D eigenvalue weighted by molar-refractivity contribution is 5.29. The molecule has 0 atom stereocenters. The van der Waals surface area contributed by atoms with Crippen LogP contribution in [0.15, 0.2) is 24.3 Å². The summed E-state index contributed by atoms with van der Waals surface area (Å²) in [6, 6.07) is 3.97. The molecule has 3 heteroatoms. The number of aryl methyl sites for hydroxylation is 2. The Labute approximate surface area is 110 Å². The Hall–Kier alpha value is -1.35. The molecule has 0 aliphatic carbocycles. The molecule has 18 heavy (non-hydrogen) atoms. The fourth-order valence-corrected chi connectivity index (χ4v) is 1.66. The monoisotopic (exact) mass is 248 g/mol. The first-order chi connectivity index (χ1) is 8.67. The third kappa shape index (κ3) is 4.88. The van der Waals surface area contributed by atoms with Crippen molar-refractivity contribution >= 4 is 0 Å². The van der Waals surface area contributed by atoms with Crippen LogP contribution >= 0.6 is 0 Å². The molecule has 0 saturated carbocycles. The molecule has 1 rings (SSSR count). The van der Waals surface area contributed by atoms with Gasteiger partial charge in [-0.2, -0.15) is 0 Å². The summed E-state index contributed by atoms with van der Waals surface area (Å²) >= 11 is 0. The minimum absolute atomic E-state index is 0.550. The topological polar surface area (TPSA) is 34.1 Å². The molecular weight excluding hydrogens is 224 g/mol. The molecule has 1 aromatic rings. The largest absolute Gasteiger partial charge is 0.487 e. The summed E-state index contributed by atoms with van der Waals surface area (Å²) in [6.07, 6.45) is 2.02. The van der Waals surface area contributed by atoms with Crippen molar-refractivity contribution in [3.63, 3.8) is 0 Å². The summed E-state index contributed by atoms with van der Waals surface area (Å²) in [6.45, 7) is 12.6. The number of pyridine rings is 1. The first kappa shape index (κ1) is 14.7. The van der Waals surface area contributed by atoms with Crippen molar-refractivity contribution in [2.75, 3.05) is 19.7 Å². The Balaban J connectivity index is 2.45. The van der Waals surface area contributed by atoms with Gasteiger partial charge in [0.1, 0.15) is 12.4 Å². The Morgan fingerprint density at radius 3 is 2.83 bits per heavy atom. The van der Waals surface area contributed by atoms with Gasteiger partial charge in [0.15, 0.2) is 0 Å². The van der Waals surface area contributed by atoms with Crippen LogP contribution in [0.3, 0.4) is 0 Å². The fraction of sp³-hybridized carbons (Fsp3) is 0.533. The van der Waals surface area contributed by atoms with E-state index < -0.39 is 0 Å². The number of aromatic nitrogens is 1. The Morgan fingerprint density at radius 2 is 2.17 bits per heavy atom. The highest BCUT2D eigenvalue weighted by atomic mass is 16.5. The first-order valence-corrected chi connectivity index (χ1v) is 6.64. The van der Waals surface area contributed by atoms with E-state index in [1.165, 1.54) is 0 Å². The van der Waals surface area contributed by atoms with Crippen LogP contribution in [0.4, 0.5) is 0 Å². The van der Waals surface area contributed by atoms with E-state index in [4.69, 9.17) is 4.74 Å². The van der Waals surface area contributed by atoms with E-state index in [1.54, 1.807) is 0 Å². The normalized spacial score (nSPS) is 10.4. The van der Waals surface area contributed by atoms with Gasteiger partial charge in [0.05, 0.1) is 5.69 Å². The van der Waals surface area contributed by atoms with E-state index in [1.807, 2.05) is 19.1 Å². The van der Waals surface area contributed by atoms with Crippen molar-refractivity contribution in [2.45, 2.75) is 33.6 Å². The number of hydrogen-bond donors (Lipinski definition) is 1. The second-order valence-corrected chi connectivity index (χ2v) is 4.47. The summed E-state index contributed by atoms with van der Waals surface area (Å²) in [5.74, 6) is 0.875. The smallest absolute Gasteiger partial charge is 0.141 e. The van der Waals surface area contributed by atoms with Crippen LogP contribution in [0.1, 0.15) is 31.7 Å². The third-order valence-electron chi connectivity index (χ3n) is 2.64. The standard InChI is InChI=1S/C15H24N2O/c1-5-9-16-10-12(3)11-18-15-8-7-13(4)17-14(15)6-2/h7-8,16H,3,5-6,9-11H2,1-2,4H3. The van der Waals surface area contributed by atoms with E-state index in [0.717, 1.165) is 48.6 Å². The summed E-state index contributed by atoms with van der Waals surface area (Å²) in [5.41, 5.74) is 3.11. The number of hydrogen-bond acceptors (Lipinski definition) is 3. The maximum absolute atomic E-state index is 5.77. The summed E-state index contributed by atoms with van der Waals surface area (Å²) in [4.78, 5) is 4.47. The highest BCUT2D eigenvalue weighted by Crippen LogP contribution is 2.17. The molecule has 0 aliphatic heterocycles. The molecule has 1 heterocycles. The maximum atomic E-state index is 5.77. The van der Waals surface area contributed by atoms with E-state index in [-0.39, 0.29) is 0 Å². The summed E-state index contributed by atoms with van der Waals surface area (Å²) in [7, 11) is 0. The van der Waals surface area contributed by atoms with Gasteiger partial charge in [-0.15, -0.1) is 0 Å². The Morgan fingerprint density at radius 1 is 1.39 bits per heavy atom. The molecule has 0 aliphatic rings. The molecule has 1 aromatic heterocycles. The van der Waals surface area contributed by atoms with Crippen LogP contribution in [0.25, 0.3) is 0 Å². The Bertz CT molecular complexity index is 388. The predicted octanol–water partition coefficient (Wildman–Crippen LogP) is 2.89. The third-order valence-corrected chi connectivity index (χ3v) is 2.64. The van der Waals surface area contributed by atoms with Crippen molar-refractivity contribution < 1.29 is 4.74 Å². The molecule has 1 N–H and O–H groups in total. The van der Waals surface area contributed by atoms with Gasteiger partial charge in [0.25, 0.3) is 0 Å². The molecular formula is C15H24N2O. The average Bonchev–Trinajstić information content (AvgIpc) is 2.37. The van der Waals surface area contributed by atoms with Crippen molar-refractivity contribution in [1.29, 1.82) is 0 Å². The minimum atomic E-state index is 0.550. The molecule has 3 nitrogen and oxygen atoms in total. The predicted molar refractivity (Wildman–Crippen MR) is 76.1 cm³/mol. The van der Waals surface area contributed by atoms with Gasteiger partial charge in [-0.25, -0.2) is 0 Å². The van der Waals surface area contributed by atoms with Crippen LogP contribution in [0, 0.1) is 6.92 Å². The second-order valence-electron chi connectivity index (χ2n) is 4.47. The number of nitrogens with zero attached hydrogens (tertiary/aromatic N) is 1. The van der Waals surface area contributed by atoms with Crippen LogP contribution in [-0.2, 0) is 6.42 Å². The van der Waals surface area contributed by atoms with Gasteiger partial charge < -0.3 is 10.1 Å². The summed E-state index contributed by atoms with van der Waals surface area (Å²) in [5, 5.41) is 3.31. The molecule has 100 valence electrons. The van der Waals surface area contributed by atoms with Crippen LogP contribution < -0.4 is 10.1 Å². The molecule has 0 aromatic carbocycles. The lowest BCUT2D eigenvalue weighted by Gasteiger charge is -2.12. The van der Waals surface area contributed by atoms with Crippen molar-refractivity contribution in [3.05, 3.63) is 35.7 Å². The van der Waals surface area contributed by atoms with Gasteiger partial charge in [-0.1, -0.05) is 20.4 Å². The van der Waals surface area contributed by atoms with Gasteiger partial charge in [0.2, 0.25) is 0 Å². The zero-order valence-electron chi connectivity index (χ0n) is 11.8. The van der Waals surface area contributed by atoms with Crippen LogP contribution in [0.2, 0.25) is 0 Å². The molecule has 0 unspecified atom stereocenters. The van der Waals surface area contributed by atoms with Crippen molar-refractivity contribution in [2.24, 2.45) is 0 Å². The quantitative estimate of drug-likeness (QED) is 0.567. The molecule has 0 saturated heterocycles. The fourth-order valence-electron chi connectivity index (χ4n) is 1.66. The summed E-state index contributed by atoms with van der Waals surface area (Å²) < 4.78 is 5.77. The van der Waals surface area contributed by atoms with Crippen molar-refractivity contribution in [3.8, 4) is 5.75 Å². The molecule has 0 bridgehead atoms. The highest BCUT2D eigenvalue weighted by Gasteiger charge is 2.04. The molecule has 0 spiro atoms. The second kappa shape index (κ2) is 7.88. The van der Waals surface area contributed by atoms with Crippen LogP contribution in [0.5, 0.6) is 5.75 Å². The Kier molecular flexibility index (Phi) is 6.44. The van der Waals surface area contributed by atoms with E-state index in [0.29, 0.717) is 6.61 Å². The average molecular weight is 248 g/mol. The minimum Gasteiger partial charge on any atom is -0.487 e. The number of nitrogens with one attached hydrogen (secondary N) is 1. The van der Waals surface area contributed by atoms with E-state index >= 15 is 0 Å². The van der Waals surface area contributed by atoms with Gasteiger partial charge in [-0.05, 0) is 44.0 Å². The molecule has 0 amide bonds. The molecule has 0 radical (unpaired) electrons. The SMILES string of the molecule is C=C(CNCCC)COc1ccc(C)nc1CC. The lowest BCUT2D eigenvalue weighted by atomic mass is 10.2. The number of ether oxygens (including phenoxy) is 1. The zero-order chi connectivity index (χ0) is 13.4. The van der Waals surface area contributed by atoms with Crippen LogP contribution in [-0.4, -0.2) is 24.7 Å². The lowest BCUT2D eigenvalue weighted by Crippen LogP contribution is -2.20. The van der Waals surface area contributed by atoms with Gasteiger partial charge >= 0.3 is 0 Å². The van der Waals surface area contributed by atoms with Gasteiger partial charge in [0, 0.05) is 12.2 Å². The zero-order valence-corrected chi connectivity index (χ0v) is 11.8. The first-order valence-electron chi connectivity index (χ1n) is 6.64. The number of rotatable bonds is 8. The van der Waals surface area contributed by atoms with Gasteiger partial charge in [-0.3, -0.25) is 4.98 Å². The van der Waals surface area contributed by atoms with E-state index in [2.05, 4.69) is 30.7 Å². The van der Waals surface area contributed by atoms with E-state index in [9.17, 15) is 0 Å². The van der Waals surface area contributed by atoms with Crippen molar-refractivity contribution in [1.82, 2.24) is 10.3 Å². The molecule has 0 fully saturated rings. The maximum Gasteiger partial charge on any atom is 0.141 e.